The number of benzene rings is 3. The number of carbonyl (C=O) groups is 1. The van der Waals surface area contributed by atoms with Crippen LogP contribution >= 0.6 is 0 Å². The number of aliphatic carboxylic acids is 1. The number of carboxylic acid groups (broad SMARTS) is 1. The zero-order valence-electron chi connectivity index (χ0n) is 22.4. The van der Waals surface area contributed by atoms with Crippen molar-refractivity contribution < 1.29 is 37.3 Å². The third kappa shape index (κ3) is 7.17. The second-order valence-electron chi connectivity index (χ2n) is 9.84. The number of sulfone groups is 1. The van der Waals surface area contributed by atoms with E-state index in [0.29, 0.717) is 31.1 Å². The van der Waals surface area contributed by atoms with Crippen LogP contribution in [0.25, 0.3) is 11.1 Å². The van der Waals surface area contributed by atoms with E-state index in [1.807, 2.05) is 55.5 Å². The van der Waals surface area contributed by atoms with Crippen molar-refractivity contribution in [3.8, 4) is 22.6 Å². The van der Waals surface area contributed by atoms with E-state index in [1.54, 1.807) is 0 Å². The van der Waals surface area contributed by atoms with Crippen molar-refractivity contribution in [1.29, 1.82) is 0 Å². The quantitative estimate of drug-likeness (QED) is 0.303. The maximum Gasteiger partial charge on any atom is 0.329 e. The van der Waals surface area contributed by atoms with Crippen LogP contribution in [-0.2, 0) is 36.3 Å². The van der Waals surface area contributed by atoms with Gasteiger partial charge in [-0.2, -0.15) is 0 Å². The van der Waals surface area contributed by atoms with Crippen LogP contribution in [0.4, 0.5) is 0 Å². The summed E-state index contributed by atoms with van der Waals surface area (Å²) in [5, 5.41) is 9.00. The van der Waals surface area contributed by atoms with E-state index in [9.17, 15) is 13.2 Å². The Hall–Kier alpha value is -3.40. The fourth-order valence-corrected chi connectivity index (χ4v) is 5.19. The monoisotopic (exact) mass is 554 g/mol. The first kappa shape index (κ1) is 28.6. The first-order chi connectivity index (χ1) is 18.6. The first-order valence-corrected chi connectivity index (χ1v) is 14.8. The number of hydrogen-bond acceptors (Lipinski definition) is 7. The van der Waals surface area contributed by atoms with Gasteiger partial charge < -0.3 is 24.1 Å². The summed E-state index contributed by atoms with van der Waals surface area (Å²) in [5.74, 6) is 0.325. The molecule has 1 N–H and O–H groups in total. The van der Waals surface area contributed by atoms with E-state index < -0.39 is 28.0 Å². The molecule has 0 saturated carbocycles. The first-order valence-electron chi connectivity index (χ1n) is 12.7. The highest BCUT2D eigenvalue weighted by atomic mass is 32.2. The summed E-state index contributed by atoms with van der Waals surface area (Å²) in [6.45, 7) is 4.83. The normalized spacial score (nSPS) is 14.4. The van der Waals surface area contributed by atoms with Gasteiger partial charge in [0.25, 0.3) is 0 Å². The molecule has 0 aromatic heterocycles. The van der Waals surface area contributed by atoms with E-state index in [1.165, 1.54) is 6.26 Å². The summed E-state index contributed by atoms with van der Waals surface area (Å²) in [6.07, 6.45) is 1.62. The van der Waals surface area contributed by atoms with E-state index in [-0.39, 0.29) is 19.0 Å². The summed E-state index contributed by atoms with van der Waals surface area (Å²) in [7, 11) is -3.06. The lowest BCUT2D eigenvalue weighted by molar-refractivity contribution is -0.220. The second-order valence-corrected chi connectivity index (χ2v) is 12.1. The van der Waals surface area contributed by atoms with Crippen LogP contribution in [0.2, 0.25) is 0 Å². The average Bonchev–Trinajstić information content (AvgIpc) is 2.86. The molecule has 0 radical (unpaired) electrons. The molecule has 39 heavy (non-hydrogen) atoms. The number of aryl methyl sites for hydroxylation is 1. The zero-order chi connectivity index (χ0) is 28.0. The van der Waals surface area contributed by atoms with Crippen LogP contribution < -0.4 is 9.47 Å². The van der Waals surface area contributed by atoms with Crippen LogP contribution in [0.5, 0.6) is 11.5 Å². The largest absolute Gasteiger partial charge is 0.493 e. The van der Waals surface area contributed by atoms with Gasteiger partial charge in [0, 0.05) is 11.8 Å². The van der Waals surface area contributed by atoms with E-state index in [0.717, 1.165) is 33.4 Å². The number of carboxylic acids is 1. The van der Waals surface area contributed by atoms with Crippen LogP contribution in [0.1, 0.15) is 28.7 Å². The van der Waals surface area contributed by atoms with Crippen LogP contribution in [0.15, 0.2) is 60.7 Å². The molecule has 1 aliphatic rings. The zero-order valence-corrected chi connectivity index (χ0v) is 23.3. The third-order valence-corrected chi connectivity index (χ3v) is 7.84. The Morgan fingerprint density at radius 2 is 1.69 bits per heavy atom. The summed E-state index contributed by atoms with van der Waals surface area (Å²) in [5.41, 5.74) is 5.33. The Bertz CT molecular complexity index is 1410. The minimum absolute atomic E-state index is 0.0637. The molecule has 0 bridgehead atoms. The van der Waals surface area contributed by atoms with Gasteiger partial charge in [0.05, 0.1) is 25.6 Å². The number of ether oxygens (including phenoxy) is 4. The lowest BCUT2D eigenvalue weighted by atomic mass is 9.91. The topological polar surface area (TPSA) is 108 Å². The van der Waals surface area contributed by atoms with Gasteiger partial charge in [-0.05, 0) is 66.3 Å². The SMILES string of the molecule is Cc1ccccc1-c1ccc(OCCCS(C)(=O)=O)c(COc2ccc(C3(OCC(=O)O)COC3)cc2)c1C. The van der Waals surface area contributed by atoms with Crippen molar-refractivity contribution >= 4 is 15.8 Å². The Labute approximate surface area is 229 Å². The molecule has 0 spiro atoms. The van der Waals surface area contributed by atoms with Gasteiger partial charge in [0.15, 0.2) is 0 Å². The molecule has 3 aromatic rings. The third-order valence-electron chi connectivity index (χ3n) is 6.81. The van der Waals surface area contributed by atoms with Gasteiger partial charge in [0.2, 0.25) is 0 Å². The number of hydrogen-bond donors (Lipinski definition) is 1. The second kappa shape index (κ2) is 12.2. The molecule has 0 atom stereocenters. The summed E-state index contributed by atoms with van der Waals surface area (Å²) in [6, 6.07) is 19.5. The summed E-state index contributed by atoms with van der Waals surface area (Å²) in [4.78, 5) is 11.0. The summed E-state index contributed by atoms with van der Waals surface area (Å²) >= 11 is 0. The maximum atomic E-state index is 11.5. The Morgan fingerprint density at radius 3 is 2.31 bits per heavy atom. The molecule has 9 heteroatoms. The maximum absolute atomic E-state index is 11.5. The Morgan fingerprint density at radius 1 is 0.974 bits per heavy atom. The molecule has 0 aliphatic carbocycles. The predicted molar refractivity (Wildman–Crippen MR) is 148 cm³/mol. The minimum atomic E-state index is -3.06. The van der Waals surface area contributed by atoms with Gasteiger partial charge in [-0.25, -0.2) is 13.2 Å². The summed E-state index contributed by atoms with van der Waals surface area (Å²) < 4.78 is 46.2. The molecule has 8 nitrogen and oxygen atoms in total. The van der Waals surface area contributed by atoms with Gasteiger partial charge in [-0.1, -0.05) is 42.5 Å². The Kier molecular flexibility index (Phi) is 8.94. The van der Waals surface area contributed by atoms with Crippen molar-refractivity contribution in [1.82, 2.24) is 0 Å². The van der Waals surface area contributed by atoms with E-state index in [2.05, 4.69) is 19.1 Å². The molecule has 1 fully saturated rings. The molecular weight excluding hydrogens is 520 g/mol. The lowest BCUT2D eigenvalue weighted by Crippen LogP contribution is -2.49. The molecular formula is C30H34O8S. The molecule has 4 rings (SSSR count). The van der Waals surface area contributed by atoms with Crippen LogP contribution in [0.3, 0.4) is 0 Å². The van der Waals surface area contributed by atoms with E-state index >= 15 is 0 Å². The van der Waals surface area contributed by atoms with Gasteiger partial charge >= 0.3 is 5.97 Å². The van der Waals surface area contributed by atoms with Gasteiger partial charge in [0.1, 0.15) is 40.2 Å². The predicted octanol–water partition coefficient (Wildman–Crippen LogP) is 4.69. The minimum Gasteiger partial charge on any atom is -0.493 e. The highest BCUT2D eigenvalue weighted by Gasteiger charge is 2.42. The number of rotatable bonds is 13. The van der Waals surface area contributed by atoms with Crippen molar-refractivity contribution in [3.63, 3.8) is 0 Å². The van der Waals surface area contributed by atoms with Crippen molar-refractivity contribution in [3.05, 3.63) is 82.9 Å². The average molecular weight is 555 g/mol. The van der Waals surface area contributed by atoms with Crippen LogP contribution in [-0.4, -0.2) is 57.9 Å². The highest BCUT2D eigenvalue weighted by molar-refractivity contribution is 7.90. The van der Waals surface area contributed by atoms with Crippen molar-refractivity contribution in [2.24, 2.45) is 0 Å². The molecule has 1 aliphatic heterocycles. The van der Waals surface area contributed by atoms with Crippen molar-refractivity contribution in [2.75, 3.05) is 38.4 Å². The highest BCUT2D eigenvalue weighted by Crippen LogP contribution is 2.36. The lowest BCUT2D eigenvalue weighted by Gasteiger charge is -2.41. The Balaban J connectivity index is 1.54. The smallest absolute Gasteiger partial charge is 0.329 e. The molecule has 0 amide bonds. The standard InChI is InChI=1S/C30H34O8S/c1-21-7-4-5-8-25(21)26-13-14-28(36-15-6-16-39(3,33)34)27(22(26)2)17-37-24-11-9-23(10-12-24)30(19-35-20-30)38-18-29(31)32/h4-5,7-14H,6,15-20H2,1-3H3,(H,31,32). The fourth-order valence-electron chi connectivity index (χ4n) is 4.55. The van der Waals surface area contributed by atoms with E-state index in [4.69, 9.17) is 24.1 Å². The van der Waals surface area contributed by atoms with Gasteiger partial charge in [-0.15, -0.1) is 0 Å². The molecule has 0 unspecified atom stereocenters. The van der Waals surface area contributed by atoms with Crippen LogP contribution in [0, 0.1) is 13.8 Å². The van der Waals surface area contributed by atoms with Gasteiger partial charge in [-0.3, -0.25) is 0 Å². The van der Waals surface area contributed by atoms with Crippen molar-refractivity contribution in [2.45, 2.75) is 32.5 Å². The molecule has 3 aromatic carbocycles. The molecule has 1 saturated heterocycles. The molecule has 1 heterocycles. The molecule has 208 valence electrons. The fraction of sp³-hybridized carbons (Fsp3) is 0.367.